The summed E-state index contributed by atoms with van der Waals surface area (Å²) >= 11 is 0. The summed E-state index contributed by atoms with van der Waals surface area (Å²) in [6.07, 6.45) is 11.8. The summed E-state index contributed by atoms with van der Waals surface area (Å²) in [4.78, 5) is 13.5. The lowest BCUT2D eigenvalue weighted by Gasteiger charge is -2.42. The van der Waals surface area contributed by atoms with Gasteiger partial charge >= 0.3 is 0 Å². The van der Waals surface area contributed by atoms with E-state index in [4.69, 9.17) is 0 Å². The van der Waals surface area contributed by atoms with Gasteiger partial charge in [0.2, 0.25) is 0 Å². The molecule has 0 amide bonds. The maximum atomic E-state index is 11.0. The molecule has 1 aliphatic heterocycles. The second-order valence-corrected chi connectivity index (χ2v) is 6.91. The molecular formula is C20H27N3O. The summed E-state index contributed by atoms with van der Waals surface area (Å²) < 4.78 is 0. The molecule has 128 valence electrons. The highest BCUT2D eigenvalue weighted by Crippen LogP contribution is 2.25. The Kier molecular flexibility index (Phi) is 5.81. The second kappa shape index (κ2) is 8.25. The maximum Gasteiger partial charge on any atom is 0.104 e. The molecular weight excluding hydrogens is 298 g/mol. The summed E-state index contributed by atoms with van der Waals surface area (Å²) in [5, 5.41) is 6.85. The summed E-state index contributed by atoms with van der Waals surface area (Å²) in [5.74, 6) is 0. The summed E-state index contributed by atoms with van der Waals surface area (Å²) in [7, 11) is 0. The van der Waals surface area contributed by atoms with Crippen molar-refractivity contribution in [2.45, 2.75) is 37.6 Å². The highest BCUT2D eigenvalue weighted by Gasteiger charge is 2.35. The molecule has 2 aliphatic rings. The molecule has 1 aromatic carbocycles. The number of nitrogens with zero attached hydrogens (tertiary/aromatic N) is 2. The Labute approximate surface area is 144 Å². The molecule has 4 nitrogen and oxygen atoms in total. The van der Waals surface area contributed by atoms with E-state index >= 15 is 0 Å². The van der Waals surface area contributed by atoms with Crippen LogP contribution in [0.15, 0.2) is 59.4 Å². The van der Waals surface area contributed by atoms with Crippen molar-refractivity contribution in [1.29, 1.82) is 0 Å². The SMILES string of the molecule is O=NCC1(NC2=CCCC=C2)CCN(CCc2ccccc2)CC1. The smallest absolute Gasteiger partial charge is 0.104 e. The lowest BCUT2D eigenvalue weighted by atomic mass is 9.86. The van der Waals surface area contributed by atoms with E-state index in [1.807, 2.05) is 0 Å². The monoisotopic (exact) mass is 325 g/mol. The Balaban J connectivity index is 1.53. The third-order valence-electron chi connectivity index (χ3n) is 5.14. The van der Waals surface area contributed by atoms with Gasteiger partial charge in [-0.1, -0.05) is 47.7 Å². The predicted molar refractivity (Wildman–Crippen MR) is 98.8 cm³/mol. The van der Waals surface area contributed by atoms with Crippen LogP contribution in [0.1, 0.15) is 31.2 Å². The van der Waals surface area contributed by atoms with Crippen LogP contribution in [-0.2, 0) is 6.42 Å². The van der Waals surface area contributed by atoms with Crippen molar-refractivity contribution >= 4 is 0 Å². The molecule has 24 heavy (non-hydrogen) atoms. The lowest BCUT2D eigenvalue weighted by Crippen LogP contribution is -2.55. The van der Waals surface area contributed by atoms with E-state index in [-0.39, 0.29) is 5.54 Å². The first kappa shape index (κ1) is 16.9. The van der Waals surface area contributed by atoms with Crippen molar-refractivity contribution in [1.82, 2.24) is 10.2 Å². The van der Waals surface area contributed by atoms with Crippen molar-refractivity contribution in [3.8, 4) is 0 Å². The highest BCUT2D eigenvalue weighted by atomic mass is 16.3. The molecule has 0 saturated carbocycles. The minimum atomic E-state index is -0.168. The molecule has 0 atom stereocenters. The van der Waals surface area contributed by atoms with Gasteiger partial charge in [0.15, 0.2) is 0 Å². The zero-order valence-corrected chi connectivity index (χ0v) is 14.3. The van der Waals surface area contributed by atoms with E-state index in [0.717, 1.165) is 57.4 Å². The Bertz CT molecular complexity index is 586. The van der Waals surface area contributed by atoms with Crippen molar-refractivity contribution < 1.29 is 0 Å². The molecule has 1 saturated heterocycles. The summed E-state index contributed by atoms with van der Waals surface area (Å²) in [5.41, 5.74) is 2.38. The molecule has 0 radical (unpaired) electrons. The Morgan fingerprint density at radius 3 is 2.58 bits per heavy atom. The first-order valence-corrected chi connectivity index (χ1v) is 9.00. The average Bonchev–Trinajstić information content (AvgIpc) is 2.63. The molecule has 1 N–H and O–H groups in total. The number of benzene rings is 1. The van der Waals surface area contributed by atoms with Crippen LogP contribution in [0.25, 0.3) is 0 Å². The first-order valence-electron chi connectivity index (χ1n) is 9.00. The van der Waals surface area contributed by atoms with Crippen LogP contribution in [-0.4, -0.2) is 36.6 Å². The van der Waals surface area contributed by atoms with Gasteiger partial charge in [-0.05, 0) is 43.7 Å². The molecule has 1 fully saturated rings. The largest absolute Gasteiger partial charge is 0.378 e. The van der Waals surface area contributed by atoms with Crippen LogP contribution in [0.5, 0.6) is 0 Å². The number of allylic oxidation sites excluding steroid dienone is 3. The number of nitrogens with one attached hydrogen (secondary N) is 1. The highest BCUT2D eigenvalue weighted by molar-refractivity contribution is 5.23. The van der Waals surface area contributed by atoms with E-state index in [1.165, 1.54) is 5.56 Å². The number of hydrogen-bond donors (Lipinski definition) is 1. The van der Waals surface area contributed by atoms with Crippen LogP contribution in [0.3, 0.4) is 0 Å². The van der Waals surface area contributed by atoms with E-state index in [0.29, 0.717) is 6.54 Å². The lowest BCUT2D eigenvalue weighted by molar-refractivity contribution is 0.149. The van der Waals surface area contributed by atoms with E-state index < -0.39 is 0 Å². The quantitative estimate of drug-likeness (QED) is 0.778. The third kappa shape index (κ3) is 4.54. The van der Waals surface area contributed by atoms with Crippen molar-refractivity contribution in [2.75, 3.05) is 26.2 Å². The predicted octanol–water partition coefficient (Wildman–Crippen LogP) is 3.65. The van der Waals surface area contributed by atoms with Gasteiger partial charge in [-0.15, -0.1) is 0 Å². The molecule has 1 heterocycles. The molecule has 0 spiro atoms. The molecule has 0 unspecified atom stereocenters. The van der Waals surface area contributed by atoms with Gasteiger partial charge in [0.05, 0.1) is 5.54 Å². The molecule has 0 bridgehead atoms. The van der Waals surface area contributed by atoms with Crippen molar-refractivity contribution in [3.05, 3.63) is 64.7 Å². The molecule has 4 heteroatoms. The molecule has 1 aliphatic carbocycles. The van der Waals surface area contributed by atoms with Crippen LogP contribution in [0, 0.1) is 4.91 Å². The van der Waals surface area contributed by atoms with Gasteiger partial charge < -0.3 is 10.2 Å². The maximum absolute atomic E-state index is 11.0. The standard InChI is InChI=1S/C20H27N3O/c24-21-17-20(22-19-9-5-2-6-10-19)12-15-23(16-13-20)14-11-18-7-3-1-4-8-18/h1,3-5,7-10,22H,2,6,11-17H2. The second-order valence-electron chi connectivity index (χ2n) is 6.91. The van der Waals surface area contributed by atoms with E-state index in [2.05, 4.69) is 64.0 Å². The van der Waals surface area contributed by atoms with Gasteiger partial charge in [0, 0.05) is 25.3 Å². The number of rotatable bonds is 7. The molecule has 0 aromatic heterocycles. The van der Waals surface area contributed by atoms with Crippen LogP contribution in [0.2, 0.25) is 0 Å². The minimum Gasteiger partial charge on any atom is -0.378 e. The third-order valence-corrected chi connectivity index (χ3v) is 5.14. The zero-order valence-electron chi connectivity index (χ0n) is 14.3. The van der Waals surface area contributed by atoms with E-state index in [9.17, 15) is 4.91 Å². The first-order chi connectivity index (χ1) is 11.8. The molecule has 3 rings (SSSR count). The van der Waals surface area contributed by atoms with Gasteiger partial charge in [-0.2, -0.15) is 4.91 Å². The van der Waals surface area contributed by atoms with Gasteiger partial charge in [-0.25, -0.2) is 0 Å². The van der Waals surface area contributed by atoms with Gasteiger partial charge in [0.25, 0.3) is 0 Å². The molecule has 1 aromatic rings. The van der Waals surface area contributed by atoms with Gasteiger partial charge in [0.1, 0.15) is 6.54 Å². The van der Waals surface area contributed by atoms with Crippen LogP contribution in [0.4, 0.5) is 0 Å². The van der Waals surface area contributed by atoms with Crippen molar-refractivity contribution in [2.24, 2.45) is 5.18 Å². The number of piperidine rings is 1. The van der Waals surface area contributed by atoms with Crippen LogP contribution < -0.4 is 5.32 Å². The fourth-order valence-corrected chi connectivity index (χ4v) is 3.60. The summed E-state index contributed by atoms with van der Waals surface area (Å²) in [6, 6.07) is 10.6. The summed E-state index contributed by atoms with van der Waals surface area (Å²) in [6.45, 7) is 3.47. The zero-order chi connectivity index (χ0) is 16.7. The Hall–Kier alpha value is -1.94. The number of likely N-dealkylation sites (tertiary alicyclic amines) is 1. The van der Waals surface area contributed by atoms with E-state index in [1.54, 1.807) is 0 Å². The van der Waals surface area contributed by atoms with Crippen molar-refractivity contribution in [3.63, 3.8) is 0 Å². The Morgan fingerprint density at radius 2 is 1.92 bits per heavy atom. The topological polar surface area (TPSA) is 44.7 Å². The Morgan fingerprint density at radius 1 is 1.12 bits per heavy atom. The minimum absolute atomic E-state index is 0.168. The average molecular weight is 325 g/mol. The fraction of sp³-hybridized carbons (Fsp3) is 0.500. The number of hydrogen-bond acceptors (Lipinski definition) is 4. The van der Waals surface area contributed by atoms with Crippen LogP contribution >= 0.6 is 0 Å². The fourth-order valence-electron chi connectivity index (χ4n) is 3.60. The number of nitroso groups, excluding NO2 is 1. The van der Waals surface area contributed by atoms with Gasteiger partial charge in [-0.3, -0.25) is 0 Å². The normalized spacial score (nSPS) is 20.4.